The molecule has 1 rings (SSSR count). The second-order valence-electron chi connectivity index (χ2n) is 3.98. The topological polar surface area (TPSA) is 17.1 Å². The second-order valence-corrected chi connectivity index (χ2v) is 3.98. The van der Waals surface area contributed by atoms with Crippen LogP contribution in [0.3, 0.4) is 0 Å². The molecule has 0 fully saturated rings. The zero-order chi connectivity index (χ0) is 11.3. The molecule has 0 unspecified atom stereocenters. The van der Waals surface area contributed by atoms with Crippen molar-refractivity contribution in [1.82, 2.24) is 0 Å². The van der Waals surface area contributed by atoms with Gasteiger partial charge in [0.05, 0.1) is 0 Å². The zero-order valence-electron chi connectivity index (χ0n) is 9.71. The summed E-state index contributed by atoms with van der Waals surface area (Å²) >= 11 is 0. The van der Waals surface area contributed by atoms with Gasteiger partial charge in [0.2, 0.25) is 0 Å². The van der Waals surface area contributed by atoms with Crippen LogP contribution in [0.1, 0.15) is 37.8 Å². The minimum Gasteiger partial charge on any atom is -0.303 e. The minimum atomic E-state index is 0.620. The first-order valence-electron chi connectivity index (χ1n) is 5.32. The fourth-order valence-corrected chi connectivity index (χ4v) is 1.51. The molecule has 1 aromatic rings. The number of hydrogen-bond donors (Lipinski definition) is 0. The van der Waals surface area contributed by atoms with Gasteiger partial charge in [-0.05, 0) is 38.3 Å². The molecule has 15 heavy (non-hydrogen) atoms. The molecule has 0 atom stereocenters. The quantitative estimate of drug-likeness (QED) is 0.679. The molecule has 0 bridgehead atoms. The first-order valence-corrected chi connectivity index (χ1v) is 5.32. The van der Waals surface area contributed by atoms with Gasteiger partial charge >= 0.3 is 0 Å². The third-order valence-corrected chi connectivity index (χ3v) is 2.76. The Balaban J connectivity index is 2.86. The third kappa shape index (κ3) is 3.35. The van der Waals surface area contributed by atoms with Crippen LogP contribution in [0.5, 0.6) is 0 Å². The highest BCUT2D eigenvalue weighted by molar-refractivity contribution is 5.67. The van der Waals surface area contributed by atoms with E-state index in [4.69, 9.17) is 0 Å². The summed E-state index contributed by atoms with van der Waals surface area (Å²) in [6.45, 7) is 6.30. The molecule has 80 valence electrons. The van der Waals surface area contributed by atoms with E-state index in [0.29, 0.717) is 6.42 Å². The maximum absolute atomic E-state index is 10.3. The number of carbonyl (C=O) groups excluding carboxylic acids is 1. The predicted molar refractivity (Wildman–Crippen MR) is 64.7 cm³/mol. The van der Waals surface area contributed by atoms with Crippen LogP contribution in [-0.4, -0.2) is 6.29 Å². The van der Waals surface area contributed by atoms with Crippen molar-refractivity contribution in [3.8, 4) is 0 Å². The van der Waals surface area contributed by atoms with Crippen molar-refractivity contribution in [3.05, 3.63) is 41.0 Å². The van der Waals surface area contributed by atoms with Crippen LogP contribution in [0.15, 0.2) is 29.8 Å². The van der Waals surface area contributed by atoms with Gasteiger partial charge in [0.15, 0.2) is 0 Å². The largest absolute Gasteiger partial charge is 0.303 e. The highest BCUT2D eigenvalue weighted by Gasteiger charge is 2.00. The number of aldehydes is 1. The lowest BCUT2D eigenvalue weighted by molar-refractivity contribution is -0.107. The van der Waals surface area contributed by atoms with Gasteiger partial charge in [-0.3, -0.25) is 0 Å². The molecular weight excluding hydrogens is 184 g/mol. The molecule has 1 heteroatoms. The molecule has 0 aliphatic rings. The maximum Gasteiger partial charge on any atom is 0.120 e. The van der Waals surface area contributed by atoms with Crippen LogP contribution >= 0.6 is 0 Å². The zero-order valence-corrected chi connectivity index (χ0v) is 9.71. The summed E-state index contributed by atoms with van der Waals surface area (Å²) in [5.41, 5.74) is 5.11. The predicted octanol–water partition coefficient (Wildman–Crippen LogP) is 3.77. The Morgan fingerprint density at radius 3 is 2.33 bits per heavy atom. The lowest BCUT2D eigenvalue weighted by atomic mass is 9.99. The van der Waals surface area contributed by atoms with Crippen LogP contribution in [0.4, 0.5) is 0 Å². The van der Waals surface area contributed by atoms with Crippen molar-refractivity contribution in [2.45, 2.75) is 33.6 Å². The summed E-state index contributed by atoms with van der Waals surface area (Å²) in [6.07, 6.45) is 2.46. The maximum atomic E-state index is 10.3. The molecule has 0 amide bonds. The summed E-state index contributed by atoms with van der Waals surface area (Å²) in [5, 5.41) is 0. The van der Waals surface area contributed by atoms with Gasteiger partial charge in [-0.2, -0.15) is 0 Å². The van der Waals surface area contributed by atoms with E-state index in [1.807, 2.05) is 0 Å². The number of benzene rings is 1. The fourth-order valence-electron chi connectivity index (χ4n) is 1.51. The average molecular weight is 202 g/mol. The second kappa shape index (κ2) is 5.50. The molecule has 0 saturated carbocycles. The Bertz CT molecular complexity index is 357. The van der Waals surface area contributed by atoms with Crippen LogP contribution in [-0.2, 0) is 4.79 Å². The van der Waals surface area contributed by atoms with E-state index in [-0.39, 0.29) is 0 Å². The standard InChI is InChI=1S/C14H18O/c1-11-6-8-14(9-7-11)13(3)12(2)5-4-10-15/h6-10H,4-5H2,1-3H3/b13-12+. The van der Waals surface area contributed by atoms with Gasteiger partial charge in [0, 0.05) is 6.42 Å². The van der Waals surface area contributed by atoms with Gasteiger partial charge in [0.1, 0.15) is 6.29 Å². The Hall–Kier alpha value is -1.37. The van der Waals surface area contributed by atoms with Gasteiger partial charge in [-0.25, -0.2) is 0 Å². The van der Waals surface area contributed by atoms with E-state index >= 15 is 0 Å². The Morgan fingerprint density at radius 2 is 1.80 bits per heavy atom. The molecular formula is C14H18O. The SMILES string of the molecule is C/C(CCC=O)=C(/C)c1ccc(C)cc1. The third-order valence-electron chi connectivity index (χ3n) is 2.76. The fraction of sp³-hybridized carbons (Fsp3) is 0.357. The van der Waals surface area contributed by atoms with Crippen LogP contribution in [0.25, 0.3) is 5.57 Å². The van der Waals surface area contributed by atoms with E-state index < -0.39 is 0 Å². The highest BCUT2D eigenvalue weighted by Crippen LogP contribution is 2.20. The summed E-state index contributed by atoms with van der Waals surface area (Å²) in [6, 6.07) is 8.50. The molecule has 0 aliphatic carbocycles. The van der Waals surface area contributed by atoms with Crippen molar-refractivity contribution in [3.63, 3.8) is 0 Å². The van der Waals surface area contributed by atoms with Crippen molar-refractivity contribution in [2.75, 3.05) is 0 Å². The first kappa shape index (κ1) is 11.7. The Kier molecular flexibility index (Phi) is 4.29. The summed E-state index contributed by atoms with van der Waals surface area (Å²) < 4.78 is 0. The molecule has 0 radical (unpaired) electrons. The lowest BCUT2D eigenvalue weighted by Crippen LogP contribution is -1.87. The normalized spacial score (nSPS) is 12.2. The average Bonchev–Trinajstić information content (AvgIpc) is 2.26. The lowest BCUT2D eigenvalue weighted by Gasteiger charge is -2.07. The van der Waals surface area contributed by atoms with Crippen molar-refractivity contribution < 1.29 is 4.79 Å². The molecule has 0 aromatic heterocycles. The van der Waals surface area contributed by atoms with E-state index in [0.717, 1.165) is 12.7 Å². The van der Waals surface area contributed by atoms with Crippen molar-refractivity contribution in [1.29, 1.82) is 0 Å². The van der Waals surface area contributed by atoms with Gasteiger partial charge in [-0.1, -0.05) is 35.4 Å². The smallest absolute Gasteiger partial charge is 0.120 e. The molecule has 0 spiro atoms. The van der Waals surface area contributed by atoms with E-state index in [1.165, 1.54) is 22.3 Å². The van der Waals surface area contributed by atoms with Crippen molar-refractivity contribution >= 4 is 11.9 Å². The molecule has 0 N–H and O–H groups in total. The number of rotatable bonds is 4. The van der Waals surface area contributed by atoms with Gasteiger partial charge in [0.25, 0.3) is 0 Å². The summed E-state index contributed by atoms with van der Waals surface area (Å²) in [7, 11) is 0. The van der Waals surface area contributed by atoms with E-state index in [9.17, 15) is 4.79 Å². The molecule has 0 saturated heterocycles. The van der Waals surface area contributed by atoms with Crippen LogP contribution in [0, 0.1) is 6.92 Å². The van der Waals surface area contributed by atoms with Gasteiger partial charge < -0.3 is 4.79 Å². The molecule has 1 aromatic carbocycles. The van der Waals surface area contributed by atoms with Crippen molar-refractivity contribution in [2.24, 2.45) is 0 Å². The van der Waals surface area contributed by atoms with E-state index in [1.54, 1.807) is 0 Å². The van der Waals surface area contributed by atoms with E-state index in [2.05, 4.69) is 45.0 Å². The summed E-state index contributed by atoms with van der Waals surface area (Å²) in [4.78, 5) is 10.3. The first-order chi connectivity index (χ1) is 7.15. The summed E-state index contributed by atoms with van der Waals surface area (Å²) in [5.74, 6) is 0. The molecule has 0 heterocycles. The Morgan fingerprint density at radius 1 is 1.20 bits per heavy atom. The molecule has 0 aliphatic heterocycles. The van der Waals surface area contributed by atoms with Gasteiger partial charge in [-0.15, -0.1) is 0 Å². The minimum absolute atomic E-state index is 0.620. The van der Waals surface area contributed by atoms with Crippen LogP contribution < -0.4 is 0 Å². The number of aryl methyl sites for hydroxylation is 1. The number of hydrogen-bond acceptors (Lipinski definition) is 1. The monoisotopic (exact) mass is 202 g/mol. The van der Waals surface area contributed by atoms with Crippen LogP contribution in [0.2, 0.25) is 0 Å². The number of allylic oxidation sites excluding steroid dienone is 2. The highest BCUT2D eigenvalue weighted by atomic mass is 16.1. The molecule has 1 nitrogen and oxygen atoms in total. The Labute approximate surface area is 91.8 Å². The number of carbonyl (C=O) groups is 1.